The van der Waals surface area contributed by atoms with Gasteiger partial charge in [-0.15, -0.1) is 0 Å². The smallest absolute Gasteiger partial charge is 0.263 e. The van der Waals surface area contributed by atoms with E-state index in [9.17, 15) is 27.2 Å². The number of halogens is 4. The van der Waals surface area contributed by atoms with Crippen LogP contribution in [-0.4, -0.2) is 11.8 Å². The van der Waals surface area contributed by atoms with Crippen molar-refractivity contribution >= 4 is 23.2 Å². The number of hydrogen-bond donors (Lipinski definition) is 1. The summed E-state index contributed by atoms with van der Waals surface area (Å²) >= 11 is 0. The highest BCUT2D eigenvalue weighted by Crippen LogP contribution is 2.36. The Labute approximate surface area is 169 Å². The van der Waals surface area contributed by atoms with Gasteiger partial charge in [0, 0.05) is 11.3 Å². The molecule has 2 N–H and O–H groups in total. The van der Waals surface area contributed by atoms with Gasteiger partial charge in [0.05, 0.1) is 0 Å². The Kier molecular flexibility index (Phi) is 5.60. The topological polar surface area (TPSA) is 63.4 Å². The van der Waals surface area contributed by atoms with Crippen LogP contribution in [0, 0.1) is 37.1 Å². The van der Waals surface area contributed by atoms with Gasteiger partial charge < -0.3 is 5.73 Å². The second-order valence-electron chi connectivity index (χ2n) is 6.69. The average molecular weight is 416 g/mol. The zero-order valence-corrected chi connectivity index (χ0v) is 16.0. The zero-order valence-electron chi connectivity index (χ0n) is 16.0. The molecule has 30 heavy (non-hydrogen) atoms. The molecule has 154 valence electrons. The average Bonchev–Trinajstić information content (AvgIpc) is 2.70. The fraction of sp³-hybridized carbons (Fsp3) is 0.0909. The lowest BCUT2D eigenvalue weighted by atomic mass is 10.1. The number of carbonyl (C=O) groups excluding carboxylic acids is 2. The van der Waals surface area contributed by atoms with Crippen LogP contribution in [-0.2, 0) is 0 Å². The molecule has 0 heterocycles. The zero-order chi connectivity index (χ0) is 22.2. The predicted octanol–water partition coefficient (Wildman–Crippen LogP) is 4.94. The Bertz CT molecular complexity index is 1110. The Hall–Kier alpha value is -3.68. The van der Waals surface area contributed by atoms with Crippen molar-refractivity contribution in [1.82, 2.24) is 0 Å². The summed E-state index contributed by atoms with van der Waals surface area (Å²) < 4.78 is 58.5. The van der Waals surface area contributed by atoms with Crippen LogP contribution in [0.15, 0.2) is 48.5 Å². The first kappa shape index (κ1) is 21.0. The van der Waals surface area contributed by atoms with Crippen molar-refractivity contribution in [2.75, 3.05) is 4.90 Å². The monoisotopic (exact) mass is 416 g/mol. The van der Waals surface area contributed by atoms with E-state index in [1.807, 2.05) is 0 Å². The van der Waals surface area contributed by atoms with Crippen LogP contribution in [0.2, 0.25) is 0 Å². The molecule has 0 bridgehead atoms. The Morgan fingerprint density at radius 1 is 0.733 bits per heavy atom. The van der Waals surface area contributed by atoms with Crippen molar-refractivity contribution < 1.29 is 27.2 Å². The molecule has 0 unspecified atom stereocenters. The van der Waals surface area contributed by atoms with E-state index in [1.165, 1.54) is 24.3 Å². The molecule has 8 heteroatoms. The summed E-state index contributed by atoms with van der Waals surface area (Å²) in [7, 11) is 0. The molecule has 3 rings (SSSR count). The highest BCUT2D eigenvalue weighted by molar-refractivity contribution is 6.11. The standard InChI is InChI=1S/C22H16F4N2O2/c1-11-3-7-13(8-4-11)22(30)28(14-9-5-12(2)6-10-14)20-18(25)16(23)15(21(27)29)17(24)19(20)26/h3-10H,1-2H3,(H2,27,29). The third-order valence-corrected chi connectivity index (χ3v) is 4.50. The molecule has 2 amide bonds. The second-order valence-corrected chi connectivity index (χ2v) is 6.69. The van der Waals surface area contributed by atoms with Gasteiger partial charge in [0.2, 0.25) is 0 Å². The summed E-state index contributed by atoms with van der Waals surface area (Å²) in [5, 5.41) is 0. The molecule has 3 aromatic carbocycles. The summed E-state index contributed by atoms with van der Waals surface area (Å²) in [6.07, 6.45) is 0. The molecule has 0 saturated heterocycles. The van der Waals surface area contributed by atoms with Crippen LogP contribution < -0.4 is 10.6 Å². The maximum Gasteiger partial charge on any atom is 0.263 e. The Balaban J connectivity index is 2.31. The van der Waals surface area contributed by atoms with Crippen LogP contribution in [0.4, 0.5) is 28.9 Å². The van der Waals surface area contributed by atoms with Crippen molar-refractivity contribution in [3.63, 3.8) is 0 Å². The number of anilines is 2. The van der Waals surface area contributed by atoms with Crippen molar-refractivity contribution in [3.8, 4) is 0 Å². The fourth-order valence-corrected chi connectivity index (χ4v) is 2.90. The third-order valence-electron chi connectivity index (χ3n) is 4.50. The molecule has 0 saturated carbocycles. The predicted molar refractivity (Wildman–Crippen MR) is 104 cm³/mol. The first-order chi connectivity index (χ1) is 14.1. The maximum atomic E-state index is 14.8. The van der Waals surface area contributed by atoms with Crippen molar-refractivity contribution in [2.45, 2.75) is 13.8 Å². The molecule has 0 spiro atoms. The molecule has 0 aliphatic carbocycles. The molecule has 0 aliphatic heterocycles. The normalized spacial score (nSPS) is 10.7. The first-order valence-corrected chi connectivity index (χ1v) is 8.77. The highest BCUT2D eigenvalue weighted by atomic mass is 19.2. The summed E-state index contributed by atoms with van der Waals surface area (Å²) in [6.45, 7) is 3.52. The maximum absolute atomic E-state index is 14.8. The van der Waals surface area contributed by atoms with Gasteiger partial charge in [0.25, 0.3) is 11.8 Å². The molecule has 3 aromatic rings. The van der Waals surface area contributed by atoms with Crippen LogP contribution >= 0.6 is 0 Å². The van der Waals surface area contributed by atoms with Gasteiger partial charge in [-0.3, -0.25) is 14.5 Å². The number of amides is 2. The summed E-state index contributed by atoms with van der Waals surface area (Å²) in [4.78, 5) is 24.9. The lowest BCUT2D eigenvalue weighted by molar-refractivity contribution is 0.0988. The van der Waals surface area contributed by atoms with Gasteiger partial charge >= 0.3 is 0 Å². The number of hydrogen-bond acceptors (Lipinski definition) is 2. The molecule has 4 nitrogen and oxygen atoms in total. The van der Waals surface area contributed by atoms with E-state index < -0.39 is 46.3 Å². The fourth-order valence-electron chi connectivity index (χ4n) is 2.90. The van der Waals surface area contributed by atoms with Crippen LogP contribution in [0.25, 0.3) is 0 Å². The summed E-state index contributed by atoms with van der Waals surface area (Å²) in [5.74, 6) is -10.4. The van der Waals surface area contributed by atoms with Gasteiger partial charge in [-0.25, -0.2) is 17.6 Å². The molecular formula is C22H16F4N2O2. The van der Waals surface area contributed by atoms with E-state index in [1.54, 1.807) is 38.1 Å². The molecule has 0 aromatic heterocycles. The number of primary amides is 1. The number of rotatable bonds is 4. The molecular weight excluding hydrogens is 400 g/mol. The van der Waals surface area contributed by atoms with Gasteiger partial charge in [-0.05, 0) is 38.1 Å². The molecule has 0 radical (unpaired) electrons. The SMILES string of the molecule is Cc1ccc(C(=O)N(c2ccc(C)cc2)c2c(F)c(F)c(C(N)=O)c(F)c2F)cc1. The number of nitrogens with two attached hydrogens (primary N) is 1. The number of aryl methyl sites for hydroxylation is 2. The molecule has 0 fully saturated rings. The lowest BCUT2D eigenvalue weighted by Crippen LogP contribution is -2.30. The first-order valence-electron chi connectivity index (χ1n) is 8.77. The number of nitrogens with zero attached hydrogens (tertiary/aromatic N) is 1. The van der Waals surface area contributed by atoms with E-state index in [0.29, 0.717) is 4.90 Å². The minimum atomic E-state index is -1.98. The lowest BCUT2D eigenvalue weighted by Gasteiger charge is -2.25. The van der Waals surface area contributed by atoms with Gasteiger partial charge in [-0.2, -0.15) is 0 Å². The van der Waals surface area contributed by atoms with Gasteiger partial charge in [0.15, 0.2) is 23.3 Å². The van der Waals surface area contributed by atoms with E-state index in [-0.39, 0.29) is 11.3 Å². The Morgan fingerprint density at radius 2 is 1.17 bits per heavy atom. The van der Waals surface area contributed by atoms with Crippen LogP contribution in [0.5, 0.6) is 0 Å². The minimum Gasteiger partial charge on any atom is -0.365 e. The largest absolute Gasteiger partial charge is 0.365 e. The summed E-state index contributed by atoms with van der Waals surface area (Å²) in [6, 6.07) is 11.9. The third kappa shape index (κ3) is 3.63. The number of benzene rings is 3. The van der Waals surface area contributed by atoms with E-state index in [2.05, 4.69) is 0 Å². The quantitative estimate of drug-likeness (QED) is 0.484. The second kappa shape index (κ2) is 7.98. The minimum absolute atomic E-state index is 0.0276. The van der Waals surface area contributed by atoms with Gasteiger partial charge in [0.1, 0.15) is 11.3 Å². The van der Waals surface area contributed by atoms with Gasteiger partial charge in [-0.1, -0.05) is 35.4 Å². The molecule has 0 aliphatic rings. The van der Waals surface area contributed by atoms with Crippen molar-refractivity contribution in [3.05, 3.63) is 94.1 Å². The molecule has 0 atom stereocenters. The van der Waals surface area contributed by atoms with Crippen LogP contribution in [0.3, 0.4) is 0 Å². The van der Waals surface area contributed by atoms with Crippen molar-refractivity contribution in [1.29, 1.82) is 0 Å². The highest BCUT2D eigenvalue weighted by Gasteiger charge is 2.34. The van der Waals surface area contributed by atoms with Crippen molar-refractivity contribution in [2.24, 2.45) is 5.73 Å². The summed E-state index contributed by atoms with van der Waals surface area (Å²) in [5.41, 5.74) is 3.60. The van der Waals surface area contributed by atoms with E-state index in [4.69, 9.17) is 5.73 Å². The Morgan fingerprint density at radius 3 is 1.60 bits per heavy atom. The van der Waals surface area contributed by atoms with E-state index >= 15 is 0 Å². The number of carbonyl (C=O) groups is 2. The van der Waals surface area contributed by atoms with E-state index in [0.717, 1.165) is 11.1 Å². The van der Waals surface area contributed by atoms with Crippen LogP contribution in [0.1, 0.15) is 31.8 Å².